The number of hydrogen-bond donors (Lipinski definition) is 3. The topological polar surface area (TPSA) is 73.1 Å². The highest BCUT2D eigenvalue weighted by Crippen LogP contribution is 2.19. The van der Waals surface area contributed by atoms with E-state index in [0.29, 0.717) is 17.1 Å². The lowest BCUT2D eigenvalue weighted by molar-refractivity contribution is 0.0951. The second kappa shape index (κ2) is 7.35. The molecule has 0 saturated carbocycles. The molecule has 6 nitrogen and oxygen atoms in total. The zero-order valence-electron chi connectivity index (χ0n) is 14.3. The standard InChI is InChI=1S/C19H20ClN5O/c20-15-3-1-2-13(10-15)12-22-18(26)14-4-5-16-17(11-14)24-19(23-16)25-8-6-21-7-9-25/h1-5,10-11,21H,6-9,12H2,(H,22,26)(H,23,24). The molecule has 3 aromatic rings. The van der Waals surface area contributed by atoms with Gasteiger partial charge in [0.15, 0.2) is 0 Å². The van der Waals surface area contributed by atoms with Crippen molar-refractivity contribution in [3.05, 3.63) is 58.6 Å². The van der Waals surface area contributed by atoms with E-state index in [4.69, 9.17) is 11.6 Å². The summed E-state index contributed by atoms with van der Waals surface area (Å²) in [7, 11) is 0. The van der Waals surface area contributed by atoms with Crippen molar-refractivity contribution in [2.24, 2.45) is 0 Å². The minimum Gasteiger partial charge on any atom is -0.348 e. The number of aromatic amines is 1. The van der Waals surface area contributed by atoms with Gasteiger partial charge in [-0.1, -0.05) is 23.7 Å². The molecule has 0 aliphatic carbocycles. The molecule has 134 valence electrons. The summed E-state index contributed by atoms with van der Waals surface area (Å²) in [6.07, 6.45) is 0. The number of rotatable bonds is 4. The van der Waals surface area contributed by atoms with Gasteiger partial charge in [0, 0.05) is 43.3 Å². The Balaban J connectivity index is 1.48. The van der Waals surface area contributed by atoms with Crippen LogP contribution in [0.1, 0.15) is 15.9 Å². The summed E-state index contributed by atoms with van der Waals surface area (Å²) in [5.41, 5.74) is 3.30. The van der Waals surface area contributed by atoms with Crippen molar-refractivity contribution in [3.8, 4) is 0 Å². The maximum atomic E-state index is 12.5. The molecule has 2 heterocycles. The van der Waals surface area contributed by atoms with E-state index < -0.39 is 0 Å². The summed E-state index contributed by atoms with van der Waals surface area (Å²) in [4.78, 5) is 22.7. The monoisotopic (exact) mass is 369 g/mol. The molecule has 1 aliphatic heterocycles. The number of amides is 1. The van der Waals surface area contributed by atoms with E-state index in [0.717, 1.165) is 48.7 Å². The van der Waals surface area contributed by atoms with Crippen LogP contribution < -0.4 is 15.5 Å². The number of benzene rings is 2. The fourth-order valence-corrected chi connectivity index (χ4v) is 3.30. The first kappa shape index (κ1) is 16.9. The third-order valence-electron chi connectivity index (χ3n) is 4.49. The summed E-state index contributed by atoms with van der Waals surface area (Å²) >= 11 is 5.98. The van der Waals surface area contributed by atoms with Crippen molar-refractivity contribution in [1.29, 1.82) is 0 Å². The lowest BCUT2D eigenvalue weighted by Crippen LogP contribution is -2.44. The third-order valence-corrected chi connectivity index (χ3v) is 4.73. The maximum absolute atomic E-state index is 12.5. The summed E-state index contributed by atoms with van der Waals surface area (Å²) < 4.78 is 0. The van der Waals surface area contributed by atoms with Crippen LogP contribution in [0.2, 0.25) is 5.02 Å². The molecular formula is C19H20ClN5O. The van der Waals surface area contributed by atoms with Crippen molar-refractivity contribution in [3.63, 3.8) is 0 Å². The zero-order valence-corrected chi connectivity index (χ0v) is 15.0. The number of carbonyl (C=O) groups is 1. The van der Waals surface area contributed by atoms with E-state index in [2.05, 4.69) is 25.5 Å². The smallest absolute Gasteiger partial charge is 0.251 e. The van der Waals surface area contributed by atoms with Crippen LogP contribution in [0.4, 0.5) is 5.95 Å². The number of hydrogen-bond acceptors (Lipinski definition) is 4. The largest absolute Gasteiger partial charge is 0.348 e. The van der Waals surface area contributed by atoms with Crippen molar-refractivity contribution >= 4 is 34.5 Å². The average Bonchev–Trinajstić information content (AvgIpc) is 3.10. The number of carbonyl (C=O) groups excluding carboxylic acids is 1. The van der Waals surface area contributed by atoms with Gasteiger partial charge in [0.05, 0.1) is 11.0 Å². The molecule has 0 atom stereocenters. The van der Waals surface area contributed by atoms with Gasteiger partial charge in [-0.25, -0.2) is 4.98 Å². The van der Waals surface area contributed by atoms with E-state index in [1.165, 1.54) is 0 Å². The predicted octanol–water partition coefficient (Wildman–Crippen LogP) is 2.56. The van der Waals surface area contributed by atoms with Crippen LogP contribution in [0.15, 0.2) is 42.5 Å². The molecule has 1 amide bonds. The van der Waals surface area contributed by atoms with E-state index in [-0.39, 0.29) is 5.91 Å². The highest BCUT2D eigenvalue weighted by molar-refractivity contribution is 6.30. The molecular weight excluding hydrogens is 350 g/mol. The predicted molar refractivity (Wildman–Crippen MR) is 104 cm³/mol. The van der Waals surface area contributed by atoms with Crippen LogP contribution in [0.3, 0.4) is 0 Å². The van der Waals surface area contributed by atoms with Crippen molar-refractivity contribution in [2.45, 2.75) is 6.54 Å². The van der Waals surface area contributed by atoms with Crippen LogP contribution in [-0.2, 0) is 6.54 Å². The molecule has 2 aromatic carbocycles. The van der Waals surface area contributed by atoms with E-state index in [1.54, 1.807) is 0 Å². The van der Waals surface area contributed by atoms with Crippen LogP contribution >= 0.6 is 11.6 Å². The molecule has 0 spiro atoms. The first-order chi connectivity index (χ1) is 12.7. The summed E-state index contributed by atoms with van der Waals surface area (Å²) in [5, 5.41) is 6.91. The Morgan fingerprint density at radius 2 is 2.04 bits per heavy atom. The average molecular weight is 370 g/mol. The Morgan fingerprint density at radius 3 is 2.85 bits per heavy atom. The Hall–Kier alpha value is -2.57. The minimum atomic E-state index is -0.126. The van der Waals surface area contributed by atoms with Gasteiger partial charge >= 0.3 is 0 Å². The Labute approximate surface area is 156 Å². The van der Waals surface area contributed by atoms with E-state index >= 15 is 0 Å². The highest BCUT2D eigenvalue weighted by atomic mass is 35.5. The van der Waals surface area contributed by atoms with Crippen LogP contribution in [0.25, 0.3) is 11.0 Å². The van der Waals surface area contributed by atoms with Gasteiger partial charge < -0.3 is 20.5 Å². The zero-order chi connectivity index (χ0) is 17.9. The van der Waals surface area contributed by atoms with E-state index in [9.17, 15) is 4.79 Å². The van der Waals surface area contributed by atoms with Gasteiger partial charge in [-0.05, 0) is 35.9 Å². The number of imidazole rings is 1. The van der Waals surface area contributed by atoms with Gasteiger partial charge in [0.1, 0.15) is 0 Å². The Morgan fingerprint density at radius 1 is 1.19 bits per heavy atom. The van der Waals surface area contributed by atoms with Crippen LogP contribution in [0.5, 0.6) is 0 Å². The number of halogens is 1. The molecule has 26 heavy (non-hydrogen) atoms. The number of anilines is 1. The highest BCUT2D eigenvalue weighted by Gasteiger charge is 2.15. The quantitative estimate of drug-likeness (QED) is 0.661. The molecule has 1 aliphatic rings. The lowest BCUT2D eigenvalue weighted by Gasteiger charge is -2.26. The fraction of sp³-hybridized carbons (Fsp3) is 0.263. The number of nitrogens with one attached hydrogen (secondary N) is 3. The second-order valence-electron chi connectivity index (χ2n) is 6.34. The van der Waals surface area contributed by atoms with Crippen LogP contribution in [0, 0.1) is 0 Å². The molecule has 1 fully saturated rings. The molecule has 4 rings (SSSR count). The molecule has 0 radical (unpaired) electrons. The third kappa shape index (κ3) is 3.66. The minimum absolute atomic E-state index is 0.126. The normalized spacial score (nSPS) is 14.6. The summed E-state index contributed by atoms with van der Waals surface area (Å²) in [6, 6.07) is 13.0. The summed E-state index contributed by atoms with van der Waals surface area (Å²) in [5.74, 6) is 0.733. The Kier molecular flexibility index (Phi) is 4.77. The van der Waals surface area contributed by atoms with Gasteiger partial charge in [-0.2, -0.15) is 0 Å². The first-order valence-corrected chi connectivity index (χ1v) is 9.05. The maximum Gasteiger partial charge on any atom is 0.251 e. The molecule has 0 unspecified atom stereocenters. The number of nitrogens with zero attached hydrogens (tertiary/aromatic N) is 2. The number of piperazine rings is 1. The van der Waals surface area contributed by atoms with Gasteiger partial charge in [-0.15, -0.1) is 0 Å². The van der Waals surface area contributed by atoms with Gasteiger partial charge in [0.2, 0.25) is 5.95 Å². The van der Waals surface area contributed by atoms with Crippen molar-refractivity contribution < 1.29 is 4.79 Å². The summed E-state index contributed by atoms with van der Waals surface area (Å²) in [6.45, 7) is 4.19. The Bertz CT molecular complexity index is 933. The molecule has 7 heteroatoms. The van der Waals surface area contributed by atoms with Crippen molar-refractivity contribution in [2.75, 3.05) is 31.1 Å². The number of fused-ring (bicyclic) bond motifs is 1. The molecule has 3 N–H and O–H groups in total. The van der Waals surface area contributed by atoms with Crippen molar-refractivity contribution in [1.82, 2.24) is 20.6 Å². The van der Waals surface area contributed by atoms with Gasteiger partial charge in [-0.3, -0.25) is 4.79 Å². The first-order valence-electron chi connectivity index (χ1n) is 8.67. The number of H-pyrrole nitrogens is 1. The van der Waals surface area contributed by atoms with E-state index in [1.807, 2.05) is 42.5 Å². The van der Waals surface area contributed by atoms with Gasteiger partial charge in [0.25, 0.3) is 5.91 Å². The molecule has 1 saturated heterocycles. The second-order valence-corrected chi connectivity index (χ2v) is 6.78. The SMILES string of the molecule is O=C(NCc1cccc(Cl)c1)c1ccc2[nH]c(N3CCNCC3)nc2c1. The van der Waals surface area contributed by atoms with Crippen LogP contribution in [-0.4, -0.2) is 42.1 Å². The number of aromatic nitrogens is 2. The fourth-order valence-electron chi connectivity index (χ4n) is 3.09. The molecule has 1 aromatic heterocycles. The molecule has 0 bridgehead atoms. The lowest BCUT2D eigenvalue weighted by atomic mass is 10.1.